The first-order valence-electron chi connectivity index (χ1n) is 19.6. The molecule has 0 saturated carbocycles. The van der Waals surface area contributed by atoms with E-state index in [2.05, 4.69) is 63.4 Å². The maximum Gasteiger partial charge on any atom is 0.407 e. The third kappa shape index (κ3) is 10.7. The van der Waals surface area contributed by atoms with Crippen LogP contribution in [0.5, 0.6) is 0 Å². The first kappa shape index (κ1) is 41.3. The molecule has 1 aliphatic carbocycles. The van der Waals surface area contributed by atoms with Crippen LogP contribution >= 0.6 is 0 Å². The highest BCUT2D eigenvalue weighted by atomic mass is 16.5. The molecule has 1 aliphatic heterocycles. The molecule has 6 rings (SSSR count). The first-order valence-corrected chi connectivity index (χ1v) is 19.6. The average Bonchev–Trinajstić information content (AvgIpc) is 3.91. The van der Waals surface area contributed by atoms with Crippen molar-refractivity contribution in [3.05, 3.63) is 70.4 Å². The van der Waals surface area contributed by atoms with Crippen LogP contribution in [0.4, 0.5) is 9.59 Å². The largest absolute Gasteiger partial charge is 0.465 e. The molecule has 2 aromatic heterocycles. The summed E-state index contributed by atoms with van der Waals surface area (Å²) in [4.78, 5) is 66.4. The minimum atomic E-state index is -1.23. The molecule has 14 nitrogen and oxygen atoms in total. The van der Waals surface area contributed by atoms with E-state index in [4.69, 9.17) is 14.8 Å². The molecule has 1 saturated heterocycles. The van der Waals surface area contributed by atoms with Gasteiger partial charge >= 0.3 is 12.2 Å². The number of likely N-dealkylation sites (tertiary alicyclic amines) is 1. The lowest BCUT2D eigenvalue weighted by molar-refractivity contribution is -0.135. The number of fused-ring (bicyclic) bond motifs is 4. The molecule has 1 fully saturated rings. The van der Waals surface area contributed by atoms with Crippen LogP contribution in [-0.4, -0.2) is 86.7 Å². The number of rotatable bonds is 11. The fraction of sp³-hybridized carbons (Fsp3) is 0.476. The zero-order chi connectivity index (χ0) is 40.2. The van der Waals surface area contributed by atoms with E-state index in [1.165, 1.54) is 19.1 Å². The number of imidazole rings is 2. The summed E-state index contributed by atoms with van der Waals surface area (Å²) >= 11 is 0. The van der Waals surface area contributed by atoms with Crippen molar-refractivity contribution in [3.8, 4) is 23.1 Å². The average molecular weight is 767 g/mol. The van der Waals surface area contributed by atoms with Gasteiger partial charge in [0, 0.05) is 41.9 Å². The number of amides is 4. The van der Waals surface area contributed by atoms with E-state index in [1.54, 1.807) is 0 Å². The molecule has 2 aliphatic rings. The molecular weight excluding hydrogens is 713 g/mol. The van der Waals surface area contributed by atoms with E-state index in [-0.39, 0.29) is 30.3 Å². The highest BCUT2D eigenvalue weighted by Gasteiger charge is 2.38. The number of carbonyl (C=O) groups excluding carboxylic acids is 3. The van der Waals surface area contributed by atoms with Crippen molar-refractivity contribution in [2.24, 2.45) is 5.92 Å². The van der Waals surface area contributed by atoms with Gasteiger partial charge in [0.15, 0.2) is 0 Å². The second kappa shape index (κ2) is 19.7. The zero-order valence-corrected chi connectivity index (χ0v) is 33.0. The zero-order valence-electron chi connectivity index (χ0n) is 33.0. The number of nitrogens with one attached hydrogen (secondary N) is 5. The van der Waals surface area contributed by atoms with Crippen molar-refractivity contribution in [1.29, 1.82) is 0 Å². The van der Waals surface area contributed by atoms with Crippen LogP contribution in [0.3, 0.4) is 0 Å². The second-order valence-electron chi connectivity index (χ2n) is 14.6. The number of hydrogen-bond acceptors (Lipinski definition) is 7. The molecule has 298 valence electrons. The number of unbranched alkanes of at least 4 members (excludes halogenated alkanes) is 1. The number of H-pyrrole nitrogens is 2. The highest BCUT2D eigenvalue weighted by Crippen LogP contribution is 2.37. The molecule has 14 heteroatoms. The monoisotopic (exact) mass is 766 g/mol. The predicted octanol–water partition coefficient (Wildman–Crippen LogP) is 6.01. The quantitative estimate of drug-likeness (QED) is 0.0789. The van der Waals surface area contributed by atoms with Crippen LogP contribution in [0.15, 0.2) is 36.4 Å². The van der Waals surface area contributed by atoms with Gasteiger partial charge in [0.1, 0.15) is 17.7 Å². The van der Waals surface area contributed by atoms with Gasteiger partial charge in [-0.15, -0.1) is 0 Å². The van der Waals surface area contributed by atoms with Crippen LogP contribution in [0.1, 0.15) is 106 Å². The normalized spacial score (nSPS) is 15.0. The van der Waals surface area contributed by atoms with Gasteiger partial charge < -0.3 is 40.7 Å². The smallest absolute Gasteiger partial charge is 0.407 e. The van der Waals surface area contributed by atoms with Crippen LogP contribution in [0.25, 0.3) is 22.3 Å². The number of ether oxygens (including phenoxy) is 1. The highest BCUT2D eigenvalue weighted by molar-refractivity contribution is 5.86. The topological polar surface area (TPSA) is 194 Å². The summed E-state index contributed by atoms with van der Waals surface area (Å²) in [6.07, 6.45) is 6.06. The molecule has 4 aromatic rings. The molecule has 2 atom stereocenters. The molecule has 56 heavy (non-hydrogen) atoms. The Morgan fingerprint density at radius 1 is 0.982 bits per heavy atom. The van der Waals surface area contributed by atoms with Gasteiger partial charge in [0.05, 0.1) is 36.4 Å². The summed E-state index contributed by atoms with van der Waals surface area (Å²) in [7, 11) is 1.30. The predicted molar refractivity (Wildman–Crippen MR) is 214 cm³/mol. The second-order valence-corrected chi connectivity index (χ2v) is 14.6. The first-order chi connectivity index (χ1) is 27.0. The van der Waals surface area contributed by atoms with Gasteiger partial charge in [-0.1, -0.05) is 52.0 Å². The number of methoxy groups -OCH3 is 1. The van der Waals surface area contributed by atoms with Gasteiger partial charge in [-0.2, -0.15) is 0 Å². The number of aromatic amines is 2. The summed E-state index contributed by atoms with van der Waals surface area (Å²) in [5, 5.41) is 16.0. The molecule has 0 bridgehead atoms. The Kier molecular flexibility index (Phi) is 14.5. The summed E-state index contributed by atoms with van der Waals surface area (Å²) in [5.74, 6) is 7.71. The Bertz CT molecular complexity index is 2080. The number of hydrogen-bond donors (Lipinski definition) is 6. The van der Waals surface area contributed by atoms with Crippen LogP contribution in [-0.2, 0) is 33.6 Å². The van der Waals surface area contributed by atoms with E-state index in [1.807, 2.05) is 48.3 Å². The molecule has 4 amide bonds. The van der Waals surface area contributed by atoms with Crippen LogP contribution < -0.4 is 16.0 Å². The SMILES string of the molecule is CCC.COC(=O)NC(C(=O)N1CCCC1c1nc2c([nH]1)CCCc1cc(C#Cc3ccc4nc(CCCCNC(=O)CNC(=O)O)[nH]c4c3)ccc1-2)C(C)C. The molecule has 2 aromatic carbocycles. The molecular formula is C42H54N8O6. The molecule has 2 unspecified atom stereocenters. The minimum Gasteiger partial charge on any atom is -0.465 e. The fourth-order valence-corrected chi connectivity index (χ4v) is 7.02. The Hall–Kier alpha value is -5.84. The third-order valence-corrected chi connectivity index (χ3v) is 9.72. The fourth-order valence-electron chi connectivity index (χ4n) is 7.02. The van der Waals surface area contributed by atoms with Crippen molar-refractivity contribution in [2.75, 3.05) is 26.7 Å². The van der Waals surface area contributed by atoms with Crippen LogP contribution in [0, 0.1) is 17.8 Å². The van der Waals surface area contributed by atoms with Gasteiger partial charge in [-0.3, -0.25) is 9.59 Å². The Morgan fingerprint density at radius 3 is 2.46 bits per heavy atom. The lowest BCUT2D eigenvalue weighted by atomic mass is 9.99. The van der Waals surface area contributed by atoms with Crippen molar-refractivity contribution in [1.82, 2.24) is 40.8 Å². The maximum absolute atomic E-state index is 13.7. The lowest BCUT2D eigenvalue weighted by Crippen LogP contribution is -2.51. The summed E-state index contributed by atoms with van der Waals surface area (Å²) < 4.78 is 4.78. The van der Waals surface area contributed by atoms with Crippen molar-refractivity contribution >= 4 is 35.0 Å². The number of aryl methyl sites for hydroxylation is 3. The maximum atomic E-state index is 13.7. The van der Waals surface area contributed by atoms with Crippen LogP contribution in [0.2, 0.25) is 0 Å². The molecule has 0 spiro atoms. The van der Waals surface area contributed by atoms with E-state index in [0.717, 1.165) is 102 Å². The van der Waals surface area contributed by atoms with Gasteiger partial charge in [0.2, 0.25) is 11.8 Å². The standard InChI is InChI=1S/C39H46N8O6.C3H8/c1-23(2)34(46-39(52)53-3)37(49)47-19-7-10-31(47)36-44-29-9-6-8-26-20-24(14-16-27(26)35(29)45-36)12-13-25-15-17-28-30(21-25)43-32(42-28)11-4-5-18-40-33(48)22-41-38(50)51;1-3-2/h14-17,20-21,23,31,34,41H,4-11,18-19,22H2,1-3H3,(H,40,48)(H,42,43)(H,44,45)(H,46,52)(H,50,51);3H2,1-2H3. The number of benzene rings is 2. The van der Waals surface area contributed by atoms with E-state index < -0.39 is 18.2 Å². The van der Waals surface area contributed by atoms with E-state index in [9.17, 15) is 19.2 Å². The number of alkyl carbamates (subject to hydrolysis) is 1. The van der Waals surface area contributed by atoms with Crippen molar-refractivity contribution in [3.63, 3.8) is 0 Å². The lowest BCUT2D eigenvalue weighted by Gasteiger charge is -2.30. The van der Waals surface area contributed by atoms with Gasteiger partial charge in [0.25, 0.3) is 0 Å². The summed E-state index contributed by atoms with van der Waals surface area (Å²) in [5.41, 5.74) is 7.85. The Balaban J connectivity index is 0.00000194. The number of carboxylic acid groups (broad SMARTS) is 1. The van der Waals surface area contributed by atoms with E-state index >= 15 is 0 Å². The molecule has 0 radical (unpaired) electrons. The third-order valence-electron chi connectivity index (χ3n) is 9.72. The Labute approximate surface area is 328 Å². The Morgan fingerprint density at radius 2 is 1.73 bits per heavy atom. The summed E-state index contributed by atoms with van der Waals surface area (Å²) in [6.45, 7) is 8.89. The van der Waals surface area contributed by atoms with Gasteiger partial charge in [-0.25, -0.2) is 19.6 Å². The number of nitrogens with zero attached hydrogens (tertiary/aromatic N) is 3. The summed E-state index contributed by atoms with van der Waals surface area (Å²) in [6, 6.07) is 11.3. The molecule has 6 N–H and O–H groups in total. The number of aromatic nitrogens is 4. The van der Waals surface area contributed by atoms with Gasteiger partial charge in [-0.05, 0) is 86.8 Å². The van der Waals surface area contributed by atoms with Crippen molar-refractivity contribution < 1.29 is 29.0 Å². The minimum absolute atomic E-state index is 0.101. The number of carbonyl (C=O) groups is 4. The van der Waals surface area contributed by atoms with Crippen molar-refractivity contribution in [2.45, 2.75) is 97.6 Å². The van der Waals surface area contributed by atoms with E-state index in [0.29, 0.717) is 13.1 Å². The molecule has 3 heterocycles.